The molecular formula is H30Ca10O75Si25. The van der Waals surface area contributed by atoms with Gasteiger partial charge in [-0.25, -0.2) is 0 Å². The van der Waals surface area contributed by atoms with E-state index in [1.165, 1.54) is 0 Å². The summed E-state index contributed by atoms with van der Waals surface area (Å²) in [5.74, 6) is 0. The molecule has 0 aromatic rings. The van der Waals surface area contributed by atoms with Crippen molar-refractivity contribution in [1.29, 1.82) is 0 Å². The molecule has 600 valence electrons. The predicted octanol–water partition coefficient (Wildman–Crippen LogP) is -56.8. The zero-order valence-electron chi connectivity index (χ0n) is 51.4. The van der Waals surface area contributed by atoms with Gasteiger partial charge in [-0.15, -0.1) is 0 Å². The van der Waals surface area contributed by atoms with Crippen LogP contribution in [0.15, 0.2) is 0 Å². The topological polar surface area (TPSA) is 1490 Å². The maximum Gasteiger partial charge on any atom is 2.00 e. The van der Waals surface area contributed by atoms with Gasteiger partial charge in [0.25, 0.3) is 0 Å². The van der Waals surface area contributed by atoms with Crippen LogP contribution in [0.4, 0.5) is 0 Å². The van der Waals surface area contributed by atoms with Crippen LogP contribution in [0, 0.1) is 0 Å². The van der Waals surface area contributed by atoms with E-state index in [9.17, 15) is 0 Å². The molecular weight excluding hydrogens is 2300 g/mol. The molecule has 0 heterocycles. The minimum absolute atomic E-state index is 0. The second-order valence-electron chi connectivity index (χ2n) is 6.74. The number of rotatable bonds is 0. The first-order chi connectivity index (χ1) is 43.3. The van der Waals surface area contributed by atoms with Crippen LogP contribution < -0.4 is 95.9 Å². The van der Waals surface area contributed by atoms with Crippen molar-refractivity contribution in [2.24, 2.45) is 0 Å². The average molecular weight is 2330 g/mol. The second-order valence-corrected chi connectivity index (χ2v) is 20.2. The normalized spacial score (nSPS) is 5.45. The van der Waals surface area contributed by atoms with Crippen molar-refractivity contribution in [3.8, 4) is 0 Å². The Balaban J connectivity index is -0.0000000161. The molecule has 110 heteroatoms. The van der Waals surface area contributed by atoms with Crippen molar-refractivity contribution in [2.75, 3.05) is 0 Å². The fourth-order valence-electron chi connectivity index (χ4n) is 0. The van der Waals surface area contributed by atoms with E-state index in [1.807, 2.05) is 0 Å². The molecule has 0 aliphatic carbocycles. The summed E-state index contributed by atoms with van der Waals surface area (Å²) in [4.78, 5) is 385. The Hall–Kier alpha value is 3.02. The molecule has 0 unspecified atom stereocenters. The molecule has 0 saturated heterocycles. The van der Waals surface area contributed by atoms with E-state index < -0.39 is 229 Å². The Morgan fingerprint density at radius 1 is 0.0909 bits per heavy atom. The van der Waals surface area contributed by atoms with Crippen molar-refractivity contribution in [1.82, 2.24) is 0 Å². The van der Waals surface area contributed by atoms with Crippen LogP contribution >= 0.6 is 0 Å². The molecule has 0 spiro atoms. The average Bonchev–Trinajstić information content (AvgIpc) is 3.15. The third kappa shape index (κ3) is 147000. The van der Waals surface area contributed by atoms with E-state index >= 15 is 0 Å². The Morgan fingerprint density at radius 3 is 0.0909 bits per heavy atom. The minimum atomic E-state index is -3.63. The summed E-state index contributed by atoms with van der Waals surface area (Å²) in [6, 6.07) is 0. The molecule has 75 nitrogen and oxygen atoms in total. The summed E-state index contributed by atoms with van der Waals surface area (Å²) in [6.07, 6.45) is 0. The summed E-state index contributed by atoms with van der Waals surface area (Å²) in [5.41, 5.74) is 0. The van der Waals surface area contributed by atoms with Gasteiger partial charge in [0.2, 0.25) is 0 Å². The van der Waals surface area contributed by atoms with E-state index in [0.29, 0.717) is 0 Å². The van der Waals surface area contributed by atoms with Crippen LogP contribution in [0.1, 0.15) is 0 Å². The van der Waals surface area contributed by atoms with E-state index in [4.69, 9.17) is 351 Å². The smallest absolute Gasteiger partial charge is 0.672 e. The van der Waals surface area contributed by atoms with Gasteiger partial charge in [0.15, 0.2) is 0 Å². The van der Waals surface area contributed by atoms with Crippen molar-refractivity contribution in [3.05, 3.63) is 0 Å². The molecule has 0 rings (SSSR count). The first-order valence-electron chi connectivity index (χ1n) is 15.9. The second kappa shape index (κ2) is 227. The first-order valence-corrected chi connectivity index (χ1v) is 47.7. The summed E-state index contributed by atoms with van der Waals surface area (Å²) in [6.45, 7) is 0. The van der Waals surface area contributed by atoms with Gasteiger partial charge < -0.3 is 284 Å². The van der Waals surface area contributed by atoms with Crippen molar-refractivity contribution in [3.63, 3.8) is 0 Å². The third-order valence-corrected chi connectivity index (χ3v) is 0. The van der Waals surface area contributed by atoms with Gasteiger partial charge in [-0.3, -0.25) is 66.9 Å². The molecule has 30 N–H and O–H groups in total. The molecule has 0 saturated carbocycles. The van der Waals surface area contributed by atoms with Gasteiger partial charge >= 0.3 is 515 Å². The van der Waals surface area contributed by atoms with E-state index in [2.05, 4.69) is 0 Å². The molecule has 0 atom stereocenters. The standard InChI is InChI=1S/10Ca.15H2O3Si.10O3Si/c;;;;;;;;;;25*1-4(2)3/h;;;;;;;;;;15*1-2H;;;;;;;;;;/q10*+2;;;;;;;;;;;;;;;;10*-2. The minimum Gasteiger partial charge on any atom is -0.672 e. The Bertz CT molecular complexity index is 1400. The van der Waals surface area contributed by atoms with Crippen LogP contribution in [0.3, 0.4) is 0 Å². The number of hydrogen-bond acceptors (Lipinski definition) is 45. The summed E-state index contributed by atoms with van der Waals surface area (Å²) in [7, 11) is -83.2. The fourth-order valence-corrected chi connectivity index (χ4v) is 0. The Morgan fingerprint density at radius 2 is 0.0909 bits per heavy atom. The van der Waals surface area contributed by atoms with Gasteiger partial charge in [0.1, 0.15) is 0 Å². The summed E-state index contributed by atoms with van der Waals surface area (Å²) in [5, 5.41) is 0. The van der Waals surface area contributed by atoms with Crippen molar-refractivity contribution < 1.29 is 351 Å². The van der Waals surface area contributed by atoms with Gasteiger partial charge in [-0.05, 0) is 0 Å². The quantitative estimate of drug-likeness (QED) is 0.100. The van der Waals surface area contributed by atoms with Gasteiger partial charge in [-0.1, -0.05) is 0 Å². The van der Waals surface area contributed by atoms with Crippen molar-refractivity contribution >= 4 is 607 Å². The molecule has 0 aromatic carbocycles. The van der Waals surface area contributed by atoms with E-state index in [0.717, 1.165) is 0 Å². The Kier molecular flexibility index (Phi) is 480. The van der Waals surface area contributed by atoms with Crippen molar-refractivity contribution in [2.45, 2.75) is 0 Å². The molecule has 0 fully saturated rings. The van der Waals surface area contributed by atoms with E-state index in [1.54, 1.807) is 0 Å². The monoisotopic (exact) mass is 2330 g/mol. The SMILES string of the molecule is O=[Si](O)O.O=[Si](O)O.O=[Si](O)O.O=[Si](O)O.O=[Si](O)O.O=[Si](O)O.O=[Si](O)O.O=[Si](O)O.O=[Si](O)O.O=[Si](O)O.O=[Si](O)O.O=[Si](O)O.O=[Si](O)O.O=[Si](O)O.O=[Si](O)O.O=[Si]([O-])[O-].O=[Si]([O-])[O-].O=[Si]([O-])[O-].O=[Si]([O-])[O-].O=[Si]([O-])[O-].O=[Si]([O-])[O-].O=[Si]([O-])[O-].O=[Si]([O-])[O-].O=[Si]([O-])[O-].O=[Si]([O-])[O-].[Ca+2].[Ca+2].[Ca+2].[Ca+2].[Ca+2].[Ca+2].[Ca+2].[Ca+2].[Ca+2].[Ca+2]. The van der Waals surface area contributed by atoms with Gasteiger partial charge in [-0.2, -0.15) is 0 Å². The molecule has 0 aliphatic rings. The Labute approximate surface area is 939 Å². The maximum atomic E-state index is 8.74. The molecule has 0 aromatic heterocycles. The fraction of sp³-hybridized carbons (Fsp3) is 0. The molecule has 0 radical (unpaired) electrons. The summed E-state index contributed by atoms with van der Waals surface area (Å²) < 4.78 is 216. The van der Waals surface area contributed by atoms with Crippen LogP contribution in [-0.4, -0.2) is 751 Å². The number of hydrogen-bond donors (Lipinski definition) is 30. The molecule has 0 bridgehead atoms. The van der Waals surface area contributed by atoms with E-state index in [-0.39, 0.29) is 377 Å². The predicted molar refractivity (Wildman–Crippen MR) is 285 cm³/mol. The van der Waals surface area contributed by atoms with Crippen LogP contribution in [-0.2, 0) is 112 Å². The molecule has 0 amide bonds. The van der Waals surface area contributed by atoms with Crippen LogP contribution in [0.5, 0.6) is 0 Å². The zero-order valence-corrected chi connectivity index (χ0v) is 98.4. The first kappa shape index (κ1) is 233. The summed E-state index contributed by atoms with van der Waals surface area (Å²) >= 11 is 0. The zero-order chi connectivity index (χ0) is 89.4. The third-order valence-electron chi connectivity index (χ3n) is 0. The largest absolute Gasteiger partial charge is 2.00 e. The molecule has 110 heavy (non-hydrogen) atoms. The maximum absolute atomic E-state index is 8.74. The van der Waals surface area contributed by atoms with Crippen LogP contribution in [0.2, 0.25) is 0 Å². The van der Waals surface area contributed by atoms with Gasteiger partial charge in [0.05, 0.1) is 0 Å². The van der Waals surface area contributed by atoms with Crippen LogP contribution in [0.25, 0.3) is 0 Å². The molecule has 0 aliphatic heterocycles. The van der Waals surface area contributed by atoms with Gasteiger partial charge in [0, 0.05) is 91.7 Å².